The van der Waals surface area contributed by atoms with Gasteiger partial charge in [0.25, 0.3) is 0 Å². The zero-order valence-electron chi connectivity index (χ0n) is 16.1. The zero-order chi connectivity index (χ0) is 20.4. The molecule has 1 aliphatic rings. The first-order valence-corrected chi connectivity index (χ1v) is 10.1. The normalized spacial score (nSPS) is 16.6. The summed E-state index contributed by atoms with van der Waals surface area (Å²) in [6, 6.07) is 12.5. The minimum atomic E-state index is -0.542. The monoisotopic (exact) mass is 413 g/mol. The van der Waals surface area contributed by atoms with Gasteiger partial charge in [-0.05, 0) is 48.7 Å². The largest absolute Gasteiger partial charge is 0.339 e. The van der Waals surface area contributed by atoms with Crippen LogP contribution >= 0.6 is 11.6 Å². The van der Waals surface area contributed by atoms with Crippen LogP contribution in [0.2, 0.25) is 5.02 Å². The Morgan fingerprint density at radius 1 is 1.24 bits per heavy atom. The van der Waals surface area contributed by atoms with Crippen LogP contribution in [0.3, 0.4) is 0 Å². The number of hydrogen-bond acceptors (Lipinski definition) is 4. The maximum absolute atomic E-state index is 13.7. The number of amides is 1. The van der Waals surface area contributed by atoms with Gasteiger partial charge in [0.15, 0.2) is 0 Å². The van der Waals surface area contributed by atoms with Crippen molar-refractivity contribution in [3.05, 3.63) is 64.8 Å². The molecule has 3 aromatic rings. The van der Waals surface area contributed by atoms with Gasteiger partial charge in [0.05, 0.1) is 10.9 Å². The first-order chi connectivity index (χ1) is 14.0. The molecule has 5 nitrogen and oxygen atoms in total. The van der Waals surface area contributed by atoms with Gasteiger partial charge in [0.1, 0.15) is 5.82 Å². The highest BCUT2D eigenvalue weighted by Crippen LogP contribution is 2.32. The van der Waals surface area contributed by atoms with Crippen LogP contribution in [0.25, 0.3) is 11.4 Å². The second-order valence-electron chi connectivity index (χ2n) is 7.26. The van der Waals surface area contributed by atoms with Crippen LogP contribution in [-0.2, 0) is 11.2 Å². The van der Waals surface area contributed by atoms with E-state index in [0.29, 0.717) is 24.4 Å². The number of anilines is 1. The summed E-state index contributed by atoms with van der Waals surface area (Å²) in [6.07, 6.45) is 3.65. The summed E-state index contributed by atoms with van der Waals surface area (Å²) in [5.74, 6) is -0.0538. The van der Waals surface area contributed by atoms with Crippen LogP contribution in [-0.4, -0.2) is 22.6 Å². The smallest absolute Gasteiger partial charge is 0.232 e. The molecular formula is C22H21ClFN3O2. The van der Waals surface area contributed by atoms with E-state index in [1.54, 1.807) is 11.0 Å². The van der Waals surface area contributed by atoms with Crippen molar-refractivity contribution in [2.24, 2.45) is 0 Å². The summed E-state index contributed by atoms with van der Waals surface area (Å²) in [7, 11) is 0. The minimum absolute atomic E-state index is 0.0218. The molecule has 4 rings (SSSR count). The lowest BCUT2D eigenvalue weighted by molar-refractivity contribution is -0.117. The molecule has 1 unspecified atom stereocenters. The van der Waals surface area contributed by atoms with Crippen LogP contribution < -0.4 is 4.90 Å². The SMILES string of the molecule is CCCCc1ccc(N2CC(c3nc(-c4ccc(Cl)c(F)c4)no3)CC2=O)cc1. The molecule has 0 radical (unpaired) electrons. The zero-order valence-corrected chi connectivity index (χ0v) is 16.8. The summed E-state index contributed by atoms with van der Waals surface area (Å²) < 4.78 is 19.1. The van der Waals surface area contributed by atoms with Gasteiger partial charge >= 0.3 is 0 Å². The van der Waals surface area contributed by atoms with E-state index < -0.39 is 5.82 Å². The predicted molar refractivity (Wildman–Crippen MR) is 109 cm³/mol. The molecule has 1 amide bonds. The highest BCUT2D eigenvalue weighted by Gasteiger charge is 2.35. The number of nitrogens with zero attached hydrogens (tertiary/aromatic N) is 3. The highest BCUT2D eigenvalue weighted by atomic mass is 35.5. The van der Waals surface area contributed by atoms with Gasteiger partial charge in [0.2, 0.25) is 17.6 Å². The lowest BCUT2D eigenvalue weighted by Crippen LogP contribution is -2.24. The van der Waals surface area contributed by atoms with Gasteiger partial charge in [-0.25, -0.2) is 4.39 Å². The topological polar surface area (TPSA) is 59.2 Å². The van der Waals surface area contributed by atoms with Gasteiger partial charge in [-0.15, -0.1) is 0 Å². The summed E-state index contributed by atoms with van der Waals surface area (Å²) in [4.78, 5) is 18.7. The molecule has 0 N–H and O–H groups in total. The number of hydrogen-bond donors (Lipinski definition) is 0. The standard InChI is InChI=1S/C22H21ClFN3O2/c1-2-3-4-14-5-8-17(9-6-14)27-13-16(12-20(27)28)22-25-21(26-29-22)15-7-10-18(23)19(24)11-15/h5-11,16H,2-4,12-13H2,1H3. The average Bonchev–Trinajstić information content (AvgIpc) is 3.36. The molecule has 1 saturated heterocycles. The van der Waals surface area contributed by atoms with Gasteiger partial charge < -0.3 is 9.42 Å². The van der Waals surface area contributed by atoms with Crippen molar-refractivity contribution in [1.82, 2.24) is 10.1 Å². The Bertz CT molecular complexity index is 1020. The van der Waals surface area contributed by atoms with Crippen LogP contribution in [0.15, 0.2) is 47.0 Å². The van der Waals surface area contributed by atoms with Crippen molar-refractivity contribution >= 4 is 23.2 Å². The Morgan fingerprint density at radius 2 is 2.03 bits per heavy atom. The van der Waals surface area contributed by atoms with E-state index in [9.17, 15) is 9.18 Å². The molecule has 0 bridgehead atoms. The second-order valence-corrected chi connectivity index (χ2v) is 7.67. The van der Waals surface area contributed by atoms with Gasteiger partial charge in [0, 0.05) is 24.2 Å². The summed E-state index contributed by atoms with van der Waals surface area (Å²) in [5, 5.41) is 3.98. The van der Waals surface area contributed by atoms with Crippen LogP contribution in [0.4, 0.5) is 10.1 Å². The van der Waals surface area contributed by atoms with E-state index in [-0.39, 0.29) is 22.7 Å². The molecule has 150 valence electrons. The molecule has 7 heteroatoms. The fraction of sp³-hybridized carbons (Fsp3) is 0.318. The maximum Gasteiger partial charge on any atom is 0.232 e. The Morgan fingerprint density at radius 3 is 2.76 bits per heavy atom. The molecule has 0 saturated carbocycles. The van der Waals surface area contributed by atoms with Crippen LogP contribution in [0, 0.1) is 5.82 Å². The van der Waals surface area contributed by atoms with Crippen LogP contribution in [0.1, 0.15) is 43.6 Å². The lowest BCUT2D eigenvalue weighted by Gasteiger charge is -2.16. The Hall–Kier alpha value is -2.73. The number of carbonyl (C=O) groups is 1. The molecule has 1 atom stereocenters. The van der Waals surface area contributed by atoms with Crippen molar-refractivity contribution in [2.75, 3.05) is 11.4 Å². The van der Waals surface area contributed by atoms with E-state index in [4.69, 9.17) is 16.1 Å². The first-order valence-electron chi connectivity index (χ1n) is 9.73. The van der Waals surface area contributed by atoms with Crippen molar-refractivity contribution < 1.29 is 13.7 Å². The molecule has 1 fully saturated rings. The second kappa shape index (κ2) is 8.33. The highest BCUT2D eigenvalue weighted by molar-refractivity contribution is 6.30. The van der Waals surface area contributed by atoms with Crippen molar-refractivity contribution in [3.63, 3.8) is 0 Å². The first kappa shape index (κ1) is 19.6. The molecule has 29 heavy (non-hydrogen) atoms. The number of aryl methyl sites for hydroxylation is 1. The van der Waals surface area contributed by atoms with Gasteiger partial charge in [-0.2, -0.15) is 4.98 Å². The predicted octanol–water partition coefficient (Wildman–Crippen LogP) is 5.39. The fourth-order valence-corrected chi connectivity index (χ4v) is 3.62. The number of carbonyl (C=O) groups excluding carboxylic acids is 1. The Labute approximate surface area is 173 Å². The number of aromatic nitrogens is 2. The van der Waals surface area contributed by atoms with E-state index in [0.717, 1.165) is 24.9 Å². The molecule has 2 aromatic carbocycles. The minimum Gasteiger partial charge on any atom is -0.339 e. The summed E-state index contributed by atoms with van der Waals surface area (Å²) >= 11 is 5.72. The summed E-state index contributed by atoms with van der Waals surface area (Å²) in [5.41, 5.74) is 2.62. The Balaban J connectivity index is 1.48. The average molecular weight is 414 g/mol. The number of unbranched alkanes of at least 4 members (excludes halogenated alkanes) is 1. The van der Waals surface area contributed by atoms with Crippen molar-refractivity contribution in [1.29, 1.82) is 0 Å². The molecule has 0 spiro atoms. The van der Waals surface area contributed by atoms with E-state index >= 15 is 0 Å². The summed E-state index contributed by atoms with van der Waals surface area (Å²) in [6.45, 7) is 2.65. The molecule has 1 aliphatic heterocycles. The van der Waals surface area contributed by atoms with Gasteiger partial charge in [-0.3, -0.25) is 4.79 Å². The molecule has 2 heterocycles. The van der Waals surface area contributed by atoms with E-state index in [2.05, 4.69) is 29.2 Å². The van der Waals surface area contributed by atoms with Crippen molar-refractivity contribution in [3.8, 4) is 11.4 Å². The van der Waals surface area contributed by atoms with Gasteiger partial charge in [-0.1, -0.05) is 42.2 Å². The van der Waals surface area contributed by atoms with Crippen LogP contribution in [0.5, 0.6) is 0 Å². The van der Waals surface area contributed by atoms with E-state index in [1.807, 2.05) is 12.1 Å². The quantitative estimate of drug-likeness (QED) is 0.543. The molecule has 1 aromatic heterocycles. The number of halogens is 2. The number of benzene rings is 2. The third-order valence-corrected chi connectivity index (χ3v) is 5.47. The van der Waals surface area contributed by atoms with E-state index in [1.165, 1.54) is 17.7 Å². The maximum atomic E-state index is 13.7. The molecule has 0 aliphatic carbocycles. The third kappa shape index (κ3) is 4.17. The Kier molecular flexibility index (Phi) is 5.62. The lowest BCUT2D eigenvalue weighted by atomic mass is 10.1. The number of rotatable bonds is 6. The fourth-order valence-electron chi connectivity index (χ4n) is 3.50. The van der Waals surface area contributed by atoms with Crippen molar-refractivity contribution in [2.45, 2.75) is 38.5 Å². The third-order valence-electron chi connectivity index (χ3n) is 5.16. The molecular weight excluding hydrogens is 393 g/mol.